The third kappa shape index (κ3) is 2.25. The first kappa shape index (κ1) is 10.6. The molecule has 0 heterocycles. The molecule has 1 rings (SSSR count). The van der Waals surface area contributed by atoms with Gasteiger partial charge >= 0.3 is 0 Å². The third-order valence-electron chi connectivity index (χ3n) is 1.30. The highest BCUT2D eigenvalue weighted by molar-refractivity contribution is 9.10. The lowest BCUT2D eigenvalue weighted by Crippen LogP contribution is -2.20. The van der Waals surface area contributed by atoms with Crippen molar-refractivity contribution in [2.24, 2.45) is 0 Å². The number of halogens is 2. The van der Waals surface area contributed by atoms with Crippen LogP contribution >= 0.6 is 15.9 Å². The standard InChI is InChI=1S/C6H5BrFNO3S/c7-4-1-2-5(8)6(3-4)13(11,12)9-10/h1-3,9-10H. The van der Waals surface area contributed by atoms with Crippen molar-refractivity contribution < 1.29 is 18.0 Å². The van der Waals surface area contributed by atoms with Crippen LogP contribution in [0.25, 0.3) is 0 Å². The van der Waals surface area contributed by atoms with Crippen LogP contribution in [0, 0.1) is 5.82 Å². The summed E-state index contributed by atoms with van der Waals surface area (Å²) in [5.74, 6) is -0.926. The van der Waals surface area contributed by atoms with Gasteiger partial charge in [0.05, 0.1) is 0 Å². The first-order chi connectivity index (χ1) is 5.97. The fraction of sp³-hybridized carbons (Fsp3) is 0. The predicted molar refractivity (Wildman–Crippen MR) is 46.2 cm³/mol. The molecule has 0 fully saturated rings. The molecule has 0 atom stereocenters. The maximum atomic E-state index is 12.9. The van der Waals surface area contributed by atoms with Crippen molar-refractivity contribution in [3.63, 3.8) is 0 Å². The molecule has 0 aromatic heterocycles. The molecule has 1 aromatic carbocycles. The van der Waals surface area contributed by atoms with Crippen LogP contribution in [0.5, 0.6) is 0 Å². The lowest BCUT2D eigenvalue weighted by Gasteiger charge is -2.02. The SMILES string of the molecule is O=S(=O)(NO)c1cc(Br)ccc1F. The Morgan fingerprint density at radius 1 is 1.46 bits per heavy atom. The maximum absolute atomic E-state index is 12.9. The van der Waals surface area contributed by atoms with E-state index in [1.165, 1.54) is 6.07 Å². The second-order valence-corrected chi connectivity index (χ2v) is 4.71. The van der Waals surface area contributed by atoms with E-state index >= 15 is 0 Å². The molecule has 0 saturated heterocycles. The van der Waals surface area contributed by atoms with Crippen LogP contribution in [0.1, 0.15) is 0 Å². The molecule has 2 N–H and O–H groups in total. The van der Waals surface area contributed by atoms with Gasteiger partial charge in [-0.2, -0.15) is 0 Å². The number of nitrogens with one attached hydrogen (secondary N) is 1. The van der Waals surface area contributed by atoms with Crippen molar-refractivity contribution in [1.29, 1.82) is 0 Å². The van der Waals surface area contributed by atoms with Gasteiger partial charge in [0.1, 0.15) is 10.7 Å². The Hall–Kier alpha value is -0.500. The summed E-state index contributed by atoms with van der Waals surface area (Å²) < 4.78 is 35.2. The number of sulfonamides is 1. The summed E-state index contributed by atoms with van der Waals surface area (Å²) in [6.07, 6.45) is 0. The highest BCUT2D eigenvalue weighted by Crippen LogP contribution is 2.19. The van der Waals surface area contributed by atoms with E-state index in [4.69, 9.17) is 5.21 Å². The zero-order valence-electron chi connectivity index (χ0n) is 6.16. The quantitative estimate of drug-likeness (QED) is 0.795. The van der Waals surface area contributed by atoms with Crippen LogP contribution in [-0.2, 0) is 10.0 Å². The molecule has 0 aliphatic heterocycles. The third-order valence-corrected chi connectivity index (χ3v) is 2.93. The summed E-state index contributed by atoms with van der Waals surface area (Å²) in [5, 5.41) is 8.24. The smallest absolute Gasteiger partial charge is 0.265 e. The topological polar surface area (TPSA) is 66.4 Å². The lowest BCUT2D eigenvalue weighted by atomic mass is 10.3. The molecule has 4 nitrogen and oxygen atoms in total. The summed E-state index contributed by atoms with van der Waals surface area (Å²) >= 11 is 2.98. The Balaban J connectivity index is 3.38. The zero-order valence-corrected chi connectivity index (χ0v) is 8.56. The summed E-state index contributed by atoms with van der Waals surface area (Å²) in [4.78, 5) is 0.430. The molecule has 13 heavy (non-hydrogen) atoms. The fourth-order valence-corrected chi connectivity index (χ4v) is 1.95. The normalized spacial score (nSPS) is 11.6. The monoisotopic (exact) mass is 269 g/mol. The summed E-state index contributed by atoms with van der Waals surface area (Å²) in [6, 6.07) is 3.38. The van der Waals surface area contributed by atoms with Gasteiger partial charge in [0, 0.05) is 4.47 Å². The van der Waals surface area contributed by atoms with E-state index in [0.717, 1.165) is 17.0 Å². The van der Waals surface area contributed by atoms with Gasteiger partial charge in [-0.15, -0.1) is 0 Å². The molecule has 0 aliphatic rings. The van der Waals surface area contributed by atoms with E-state index in [1.54, 1.807) is 0 Å². The molecule has 0 saturated carbocycles. The molecule has 72 valence electrons. The Morgan fingerprint density at radius 2 is 2.08 bits per heavy atom. The molecule has 0 aliphatic carbocycles. The summed E-state index contributed by atoms with van der Waals surface area (Å²) in [6.45, 7) is 0. The van der Waals surface area contributed by atoms with Crippen molar-refractivity contribution in [3.05, 3.63) is 28.5 Å². The highest BCUT2D eigenvalue weighted by atomic mass is 79.9. The molecule has 0 radical (unpaired) electrons. The second kappa shape index (κ2) is 3.70. The van der Waals surface area contributed by atoms with Crippen molar-refractivity contribution in [3.8, 4) is 0 Å². The van der Waals surface area contributed by atoms with Gasteiger partial charge in [-0.25, -0.2) is 12.8 Å². The van der Waals surface area contributed by atoms with E-state index in [-0.39, 0.29) is 0 Å². The average Bonchev–Trinajstić information content (AvgIpc) is 2.09. The van der Waals surface area contributed by atoms with Gasteiger partial charge in [-0.05, 0) is 18.2 Å². The van der Waals surface area contributed by atoms with E-state index < -0.39 is 20.7 Å². The fourth-order valence-electron chi connectivity index (χ4n) is 0.732. The van der Waals surface area contributed by atoms with Crippen molar-refractivity contribution in [2.75, 3.05) is 0 Å². The number of hydrogen-bond acceptors (Lipinski definition) is 3. The van der Waals surface area contributed by atoms with Crippen LogP contribution in [0.2, 0.25) is 0 Å². The molecular formula is C6H5BrFNO3S. The molecule has 0 bridgehead atoms. The highest BCUT2D eigenvalue weighted by Gasteiger charge is 2.17. The average molecular weight is 270 g/mol. The zero-order chi connectivity index (χ0) is 10.1. The molecule has 0 unspecified atom stereocenters. The molecular weight excluding hydrogens is 265 g/mol. The first-order valence-corrected chi connectivity index (χ1v) is 5.36. The van der Waals surface area contributed by atoms with Crippen LogP contribution in [0.3, 0.4) is 0 Å². The van der Waals surface area contributed by atoms with Crippen LogP contribution in [0.15, 0.2) is 27.6 Å². The number of hydrogen-bond donors (Lipinski definition) is 2. The Morgan fingerprint density at radius 3 is 2.62 bits per heavy atom. The summed E-state index contributed by atoms with van der Waals surface area (Å²) in [5.41, 5.74) is 0. The number of rotatable bonds is 2. The molecule has 1 aromatic rings. The van der Waals surface area contributed by atoms with Crippen LogP contribution in [-0.4, -0.2) is 13.6 Å². The minimum Gasteiger partial charge on any atom is -0.302 e. The van der Waals surface area contributed by atoms with Gasteiger partial charge in [-0.3, -0.25) is 0 Å². The van der Waals surface area contributed by atoms with E-state index in [1.807, 2.05) is 0 Å². The minimum atomic E-state index is -4.15. The lowest BCUT2D eigenvalue weighted by molar-refractivity contribution is 0.242. The first-order valence-electron chi connectivity index (χ1n) is 3.08. The van der Waals surface area contributed by atoms with E-state index in [0.29, 0.717) is 4.47 Å². The van der Waals surface area contributed by atoms with Gasteiger partial charge in [-0.1, -0.05) is 20.8 Å². The van der Waals surface area contributed by atoms with Gasteiger partial charge in [0.2, 0.25) is 0 Å². The van der Waals surface area contributed by atoms with Crippen molar-refractivity contribution >= 4 is 26.0 Å². The van der Waals surface area contributed by atoms with Crippen LogP contribution in [0.4, 0.5) is 4.39 Å². The Kier molecular flexibility index (Phi) is 3.01. The van der Waals surface area contributed by atoms with Gasteiger partial charge < -0.3 is 5.21 Å². The molecule has 7 heteroatoms. The molecule has 0 spiro atoms. The van der Waals surface area contributed by atoms with Gasteiger partial charge in [0.25, 0.3) is 10.0 Å². The predicted octanol–water partition coefficient (Wildman–Crippen LogP) is 1.26. The van der Waals surface area contributed by atoms with E-state index in [9.17, 15) is 12.8 Å². The molecule has 0 amide bonds. The largest absolute Gasteiger partial charge is 0.302 e. The van der Waals surface area contributed by atoms with Gasteiger partial charge in [0.15, 0.2) is 0 Å². The van der Waals surface area contributed by atoms with Crippen LogP contribution < -0.4 is 4.89 Å². The van der Waals surface area contributed by atoms with E-state index in [2.05, 4.69) is 15.9 Å². The number of benzene rings is 1. The Labute approximate surface area is 82.5 Å². The van der Waals surface area contributed by atoms with Crippen molar-refractivity contribution in [1.82, 2.24) is 4.89 Å². The summed E-state index contributed by atoms with van der Waals surface area (Å²) in [7, 11) is -4.15. The Bertz CT molecular complexity index is 420. The second-order valence-electron chi connectivity index (χ2n) is 2.17. The minimum absolute atomic E-state index is 0.405. The van der Waals surface area contributed by atoms with Crippen molar-refractivity contribution in [2.45, 2.75) is 4.90 Å². The maximum Gasteiger partial charge on any atom is 0.265 e.